The van der Waals surface area contributed by atoms with E-state index in [4.69, 9.17) is 0 Å². The first-order chi connectivity index (χ1) is 12.5. The number of nitrogens with zero attached hydrogens (tertiary/aromatic N) is 2. The van der Waals surface area contributed by atoms with Crippen LogP contribution in [0.3, 0.4) is 0 Å². The van der Waals surface area contributed by atoms with E-state index in [-0.39, 0.29) is 11.5 Å². The van der Waals surface area contributed by atoms with Crippen molar-refractivity contribution in [3.63, 3.8) is 0 Å². The van der Waals surface area contributed by atoms with E-state index in [1.165, 1.54) is 6.07 Å². The Morgan fingerprint density at radius 1 is 1.31 bits per heavy atom. The monoisotopic (exact) mass is 362 g/mol. The predicted octanol–water partition coefficient (Wildman–Crippen LogP) is 2.98. The molecule has 2 aliphatic rings. The van der Waals surface area contributed by atoms with Crippen molar-refractivity contribution in [3.8, 4) is 0 Å². The van der Waals surface area contributed by atoms with Gasteiger partial charge in [0.05, 0.1) is 0 Å². The molecule has 142 valence electrons. The molecule has 0 aliphatic carbocycles. The van der Waals surface area contributed by atoms with Crippen LogP contribution < -0.4 is 0 Å². The van der Waals surface area contributed by atoms with Gasteiger partial charge in [-0.05, 0) is 63.2 Å². The second-order valence-corrected chi connectivity index (χ2v) is 7.52. The van der Waals surface area contributed by atoms with Crippen LogP contribution in [0.25, 0.3) is 0 Å². The number of carbonyl (C=O) groups is 2. The van der Waals surface area contributed by atoms with Gasteiger partial charge in [0.1, 0.15) is 11.9 Å². The number of carbonyl (C=O) groups excluding carboxylic acids is 1. The molecule has 5 nitrogen and oxygen atoms in total. The third-order valence-electron chi connectivity index (χ3n) is 5.68. The molecular formula is C20H27FN2O3. The molecule has 0 bridgehead atoms. The average molecular weight is 362 g/mol. The number of benzene rings is 1. The van der Waals surface area contributed by atoms with E-state index in [9.17, 15) is 19.1 Å². The van der Waals surface area contributed by atoms with Crippen LogP contribution >= 0.6 is 0 Å². The molecule has 1 aromatic rings. The van der Waals surface area contributed by atoms with Crippen molar-refractivity contribution in [3.05, 3.63) is 35.1 Å². The molecular weight excluding hydrogens is 335 g/mol. The minimum Gasteiger partial charge on any atom is -0.480 e. The second kappa shape index (κ2) is 8.16. The van der Waals surface area contributed by atoms with Crippen LogP contribution in [0, 0.1) is 18.7 Å². The number of aliphatic carboxylic acids is 1. The molecule has 2 aliphatic heterocycles. The Hall–Kier alpha value is -1.95. The molecule has 1 aromatic carbocycles. The topological polar surface area (TPSA) is 60.9 Å². The Morgan fingerprint density at radius 2 is 2.04 bits per heavy atom. The Bertz CT molecular complexity index is 671. The van der Waals surface area contributed by atoms with E-state index in [0.29, 0.717) is 25.4 Å². The molecule has 0 radical (unpaired) electrons. The van der Waals surface area contributed by atoms with Crippen LogP contribution in [0.4, 0.5) is 4.39 Å². The molecule has 0 aromatic heterocycles. The van der Waals surface area contributed by atoms with E-state index >= 15 is 0 Å². The van der Waals surface area contributed by atoms with Gasteiger partial charge in [0.15, 0.2) is 0 Å². The number of carboxylic acid groups (broad SMARTS) is 1. The highest BCUT2D eigenvalue weighted by Crippen LogP contribution is 2.30. The van der Waals surface area contributed by atoms with Gasteiger partial charge in [-0.15, -0.1) is 0 Å². The largest absolute Gasteiger partial charge is 0.480 e. The molecule has 26 heavy (non-hydrogen) atoms. The molecule has 0 saturated carbocycles. The number of likely N-dealkylation sites (tertiary alicyclic amines) is 2. The van der Waals surface area contributed by atoms with E-state index in [2.05, 4.69) is 0 Å². The van der Waals surface area contributed by atoms with Gasteiger partial charge in [0, 0.05) is 25.1 Å². The number of carboxylic acids is 1. The van der Waals surface area contributed by atoms with E-state index in [1.807, 2.05) is 9.80 Å². The molecule has 3 rings (SSSR count). The first-order valence-corrected chi connectivity index (χ1v) is 9.46. The quantitative estimate of drug-likeness (QED) is 0.845. The molecule has 2 saturated heterocycles. The van der Waals surface area contributed by atoms with Crippen LogP contribution in [0.15, 0.2) is 18.2 Å². The van der Waals surface area contributed by atoms with Gasteiger partial charge < -0.3 is 10.0 Å². The average Bonchev–Trinajstić information content (AvgIpc) is 3.01. The Labute approximate surface area is 153 Å². The number of aryl methyl sites for hydroxylation is 1. The van der Waals surface area contributed by atoms with Crippen molar-refractivity contribution < 1.29 is 19.1 Å². The van der Waals surface area contributed by atoms with E-state index in [1.54, 1.807) is 19.1 Å². The minimum absolute atomic E-state index is 0.240. The van der Waals surface area contributed by atoms with Gasteiger partial charge in [0.2, 0.25) is 5.91 Å². The number of amides is 1. The number of hydrogen-bond acceptors (Lipinski definition) is 3. The Kier molecular flexibility index (Phi) is 5.91. The third-order valence-corrected chi connectivity index (χ3v) is 5.68. The molecule has 1 N–H and O–H groups in total. The lowest BCUT2D eigenvalue weighted by Gasteiger charge is -2.36. The fourth-order valence-electron chi connectivity index (χ4n) is 4.12. The molecule has 1 unspecified atom stereocenters. The highest BCUT2D eigenvalue weighted by molar-refractivity contribution is 5.78. The van der Waals surface area contributed by atoms with Crippen LogP contribution in [0.1, 0.15) is 49.3 Å². The maximum Gasteiger partial charge on any atom is 0.325 e. The lowest BCUT2D eigenvalue weighted by molar-refractivity contribution is -0.144. The van der Waals surface area contributed by atoms with Crippen LogP contribution in [0.2, 0.25) is 0 Å². The summed E-state index contributed by atoms with van der Waals surface area (Å²) in [4.78, 5) is 27.3. The molecule has 0 spiro atoms. The lowest BCUT2D eigenvalue weighted by Crippen LogP contribution is -2.41. The van der Waals surface area contributed by atoms with Crippen molar-refractivity contribution >= 4 is 11.9 Å². The first-order valence-electron chi connectivity index (χ1n) is 9.46. The van der Waals surface area contributed by atoms with Gasteiger partial charge in [-0.3, -0.25) is 14.5 Å². The van der Waals surface area contributed by atoms with Gasteiger partial charge in [0.25, 0.3) is 0 Å². The summed E-state index contributed by atoms with van der Waals surface area (Å²) in [5.74, 6) is -0.707. The predicted molar refractivity (Wildman–Crippen MR) is 96.2 cm³/mol. The summed E-state index contributed by atoms with van der Waals surface area (Å²) in [5.41, 5.74) is 1.02. The van der Waals surface area contributed by atoms with Gasteiger partial charge in [-0.1, -0.05) is 12.1 Å². The zero-order valence-corrected chi connectivity index (χ0v) is 15.3. The smallest absolute Gasteiger partial charge is 0.325 e. The maximum absolute atomic E-state index is 14.3. The first kappa shape index (κ1) is 18.8. The zero-order chi connectivity index (χ0) is 18.7. The van der Waals surface area contributed by atoms with Crippen molar-refractivity contribution in [1.82, 2.24) is 9.80 Å². The minimum atomic E-state index is -1.01. The fraction of sp³-hybridized carbons (Fsp3) is 0.600. The second-order valence-electron chi connectivity index (χ2n) is 7.52. The highest BCUT2D eigenvalue weighted by atomic mass is 19.1. The van der Waals surface area contributed by atoms with Crippen molar-refractivity contribution in [2.45, 2.75) is 45.1 Å². The number of piperidine rings is 1. The van der Waals surface area contributed by atoms with Crippen molar-refractivity contribution in [1.29, 1.82) is 0 Å². The van der Waals surface area contributed by atoms with Crippen molar-refractivity contribution in [2.75, 3.05) is 26.2 Å². The molecule has 1 atom stereocenters. The highest BCUT2D eigenvalue weighted by Gasteiger charge is 2.33. The lowest BCUT2D eigenvalue weighted by atomic mass is 9.91. The third kappa shape index (κ3) is 4.23. The summed E-state index contributed by atoms with van der Waals surface area (Å²) < 4.78 is 14.3. The Balaban J connectivity index is 1.58. The summed E-state index contributed by atoms with van der Waals surface area (Å²) in [7, 11) is 0. The van der Waals surface area contributed by atoms with E-state index < -0.39 is 17.8 Å². The van der Waals surface area contributed by atoms with Crippen LogP contribution in [-0.2, 0) is 9.59 Å². The van der Waals surface area contributed by atoms with Gasteiger partial charge in [-0.25, -0.2) is 4.39 Å². The van der Waals surface area contributed by atoms with Gasteiger partial charge >= 0.3 is 5.97 Å². The normalized spacial score (nSPS) is 20.5. The number of rotatable bonds is 6. The summed E-state index contributed by atoms with van der Waals surface area (Å²) in [6, 6.07) is 3.81. The molecule has 6 heteroatoms. The SMILES string of the molecule is Cc1ccc(C(C(=O)O)N2CCC(CCN3CCCC3=O)CC2)c(F)c1. The van der Waals surface area contributed by atoms with E-state index in [0.717, 1.165) is 44.3 Å². The number of hydrogen-bond donors (Lipinski definition) is 1. The molecule has 1 amide bonds. The zero-order valence-electron chi connectivity index (χ0n) is 15.3. The van der Waals surface area contributed by atoms with Gasteiger partial charge in [-0.2, -0.15) is 0 Å². The Morgan fingerprint density at radius 3 is 2.62 bits per heavy atom. The summed E-state index contributed by atoms with van der Waals surface area (Å²) in [5, 5.41) is 9.66. The summed E-state index contributed by atoms with van der Waals surface area (Å²) in [6.45, 7) is 4.74. The molecule has 2 fully saturated rings. The summed E-state index contributed by atoms with van der Waals surface area (Å²) in [6.07, 6.45) is 4.37. The molecule has 2 heterocycles. The standard InChI is InChI=1S/C20H27FN2O3/c1-14-4-5-16(17(21)13-14)19(20(25)26)23-11-7-15(8-12-23)6-10-22-9-2-3-18(22)24/h4-5,13,15,19H,2-3,6-12H2,1H3,(H,25,26). The van der Waals surface area contributed by atoms with Crippen LogP contribution in [-0.4, -0.2) is 53.0 Å². The van der Waals surface area contributed by atoms with Crippen LogP contribution in [0.5, 0.6) is 0 Å². The maximum atomic E-state index is 14.3. The summed E-state index contributed by atoms with van der Waals surface area (Å²) >= 11 is 0. The van der Waals surface area contributed by atoms with Crippen molar-refractivity contribution in [2.24, 2.45) is 5.92 Å². The number of halogens is 1. The fourth-order valence-corrected chi connectivity index (χ4v) is 4.12.